The Morgan fingerprint density at radius 2 is 1.68 bits per heavy atom. The normalized spacial score (nSPS) is 15.9. The van der Waals surface area contributed by atoms with E-state index in [9.17, 15) is 9.18 Å². The summed E-state index contributed by atoms with van der Waals surface area (Å²) in [5.41, 5.74) is 3.95. The molecule has 3 aromatic carbocycles. The smallest absolute Gasteiger partial charge is 0.223 e. The second-order valence-electron chi connectivity index (χ2n) is 9.02. The molecule has 2 heterocycles. The van der Waals surface area contributed by atoms with E-state index >= 15 is 0 Å². The first kappa shape index (κ1) is 22.3. The molecule has 1 aliphatic rings. The molecule has 1 amide bonds. The van der Waals surface area contributed by atoms with Gasteiger partial charge in [-0.05, 0) is 74.8 Å². The van der Waals surface area contributed by atoms with Gasteiger partial charge in [0.25, 0.3) is 0 Å². The molecule has 1 aliphatic heterocycles. The van der Waals surface area contributed by atoms with Crippen molar-refractivity contribution in [2.45, 2.75) is 32.4 Å². The van der Waals surface area contributed by atoms with Crippen LogP contribution in [0.2, 0.25) is 0 Å². The third-order valence-electron chi connectivity index (χ3n) is 6.70. The van der Waals surface area contributed by atoms with E-state index < -0.39 is 0 Å². The van der Waals surface area contributed by atoms with Gasteiger partial charge in [0.1, 0.15) is 11.6 Å². The highest BCUT2D eigenvalue weighted by molar-refractivity contribution is 5.79. The zero-order valence-corrected chi connectivity index (χ0v) is 19.3. The van der Waals surface area contributed by atoms with E-state index in [1.54, 1.807) is 12.1 Å². The lowest BCUT2D eigenvalue weighted by molar-refractivity contribution is -0.127. The topological polar surface area (TPSA) is 50.2 Å². The fourth-order valence-corrected chi connectivity index (χ4v) is 4.77. The molecule has 6 heteroatoms. The molecule has 0 unspecified atom stereocenters. The van der Waals surface area contributed by atoms with Gasteiger partial charge in [-0.15, -0.1) is 0 Å². The Kier molecular flexibility index (Phi) is 6.41. The molecule has 1 atom stereocenters. The molecule has 0 bridgehead atoms. The summed E-state index contributed by atoms with van der Waals surface area (Å²) in [5, 5.41) is 3.18. The van der Waals surface area contributed by atoms with Crippen LogP contribution in [0.1, 0.15) is 37.2 Å². The number of piperidine rings is 1. The van der Waals surface area contributed by atoms with Crippen LogP contribution in [-0.4, -0.2) is 33.4 Å². The lowest BCUT2D eigenvalue weighted by Gasteiger charge is -2.31. The summed E-state index contributed by atoms with van der Waals surface area (Å²) in [5.74, 6) is 0.831. The first-order chi connectivity index (χ1) is 16.6. The summed E-state index contributed by atoms with van der Waals surface area (Å²) >= 11 is 0. The minimum Gasteiger partial charge on any atom is -0.349 e. The Morgan fingerprint density at radius 3 is 2.41 bits per heavy atom. The van der Waals surface area contributed by atoms with Crippen LogP contribution in [0.15, 0.2) is 78.9 Å². The molecule has 4 aromatic rings. The maximum Gasteiger partial charge on any atom is 0.223 e. The van der Waals surface area contributed by atoms with E-state index in [0.717, 1.165) is 54.0 Å². The molecule has 1 saturated heterocycles. The van der Waals surface area contributed by atoms with Crippen molar-refractivity contribution in [1.29, 1.82) is 0 Å². The first-order valence-corrected chi connectivity index (χ1v) is 11.9. The van der Waals surface area contributed by atoms with E-state index in [1.807, 2.05) is 61.5 Å². The molecule has 5 rings (SSSR count). The predicted octanol–water partition coefficient (Wildman–Crippen LogP) is 5.25. The van der Waals surface area contributed by atoms with Crippen LogP contribution in [-0.2, 0) is 11.3 Å². The predicted molar refractivity (Wildman–Crippen MR) is 132 cm³/mol. The molecule has 34 heavy (non-hydrogen) atoms. The monoisotopic (exact) mass is 456 g/mol. The Labute approximate surface area is 199 Å². The molecule has 0 spiro atoms. The second-order valence-corrected chi connectivity index (χ2v) is 9.02. The van der Waals surface area contributed by atoms with Gasteiger partial charge in [0.15, 0.2) is 0 Å². The summed E-state index contributed by atoms with van der Waals surface area (Å²) in [6, 6.07) is 24.6. The Morgan fingerprint density at radius 1 is 1.00 bits per heavy atom. The fourth-order valence-electron chi connectivity index (χ4n) is 4.77. The second kappa shape index (κ2) is 9.77. The average Bonchev–Trinajstić information content (AvgIpc) is 3.23. The molecule has 1 N–H and O–H groups in total. The number of para-hydroxylation sites is 2. The molecule has 5 nitrogen and oxygen atoms in total. The highest BCUT2D eigenvalue weighted by Crippen LogP contribution is 2.25. The number of carbonyl (C=O) groups excluding carboxylic acids is 1. The number of nitrogens with one attached hydrogen (secondary N) is 1. The number of halogens is 1. The Bertz CT molecular complexity index is 1260. The summed E-state index contributed by atoms with van der Waals surface area (Å²) in [6.45, 7) is 4.39. The van der Waals surface area contributed by atoms with Crippen molar-refractivity contribution in [3.8, 4) is 5.69 Å². The highest BCUT2D eigenvalue weighted by atomic mass is 19.1. The summed E-state index contributed by atoms with van der Waals surface area (Å²) in [6.07, 6.45) is 1.65. The van der Waals surface area contributed by atoms with Crippen LogP contribution in [0.4, 0.5) is 4.39 Å². The van der Waals surface area contributed by atoms with Gasteiger partial charge in [-0.2, -0.15) is 0 Å². The molecular weight excluding hydrogens is 427 g/mol. The zero-order chi connectivity index (χ0) is 23.5. The van der Waals surface area contributed by atoms with E-state index in [0.29, 0.717) is 6.54 Å². The largest absolute Gasteiger partial charge is 0.349 e. The molecule has 1 aromatic heterocycles. The lowest BCUT2D eigenvalue weighted by Crippen LogP contribution is -2.41. The van der Waals surface area contributed by atoms with Crippen LogP contribution in [0.3, 0.4) is 0 Å². The van der Waals surface area contributed by atoms with Gasteiger partial charge in [-0.25, -0.2) is 9.37 Å². The SMILES string of the molecule is C[C@H](NC(=O)C1CCN(Cc2nc3ccccc3n2-c2ccc(F)cc2)CC1)c1ccccc1. The summed E-state index contributed by atoms with van der Waals surface area (Å²) < 4.78 is 15.6. The highest BCUT2D eigenvalue weighted by Gasteiger charge is 2.27. The number of hydrogen-bond acceptors (Lipinski definition) is 3. The molecule has 1 fully saturated rings. The minimum absolute atomic E-state index is 0.00217. The number of benzene rings is 3. The molecule has 0 saturated carbocycles. The van der Waals surface area contributed by atoms with Crippen LogP contribution in [0.5, 0.6) is 0 Å². The van der Waals surface area contributed by atoms with Crippen molar-refractivity contribution in [3.05, 3.63) is 96.1 Å². The molecule has 0 aliphatic carbocycles. The van der Waals surface area contributed by atoms with E-state index in [1.165, 1.54) is 12.1 Å². The number of hydrogen-bond donors (Lipinski definition) is 1. The molecule has 0 radical (unpaired) electrons. The number of nitrogens with zero attached hydrogens (tertiary/aromatic N) is 3. The van der Waals surface area contributed by atoms with Crippen LogP contribution < -0.4 is 5.32 Å². The standard InChI is InChI=1S/C28H29FN4O/c1-20(21-7-3-2-4-8-21)30-28(34)22-15-17-32(18-16-22)19-27-31-25-9-5-6-10-26(25)33(27)24-13-11-23(29)12-14-24/h2-14,20,22H,15-19H2,1H3,(H,30,34)/t20-/m0/s1. The average molecular weight is 457 g/mol. The van der Waals surface area contributed by atoms with Gasteiger partial charge in [0, 0.05) is 11.6 Å². The van der Waals surface area contributed by atoms with Crippen LogP contribution in [0.25, 0.3) is 16.7 Å². The van der Waals surface area contributed by atoms with Gasteiger partial charge < -0.3 is 5.32 Å². The van der Waals surface area contributed by atoms with E-state index in [-0.39, 0.29) is 23.7 Å². The van der Waals surface area contributed by atoms with Crippen LogP contribution >= 0.6 is 0 Å². The van der Waals surface area contributed by atoms with Crippen LogP contribution in [0, 0.1) is 11.7 Å². The number of aromatic nitrogens is 2. The van der Waals surface area contributed by atoms with Crippen molar-refractivity contribution in [1.82, 2.24) is 19.8 Å². The summed E-state index contributed by atoms with van der Waals surface area (Å²) in [7, 11) is 0. The van der Waals surface area contributed by atoms with Crippen molar-refractivity contribution < 1.29 is 9.18 Å². The quantitative estimate of drug-likeness (QED) is 0.431. The maximum atomic E-state index is 13.5. The molecular formula is C28H29FN4O. The number of imidazole rings is 1. The van der Waals surface area contributed by atoms with Gasteiger partial charge in [0.05, 0.1) is 23.6 Å². The lowest BCUT2D eigenvalue weighted by atomic mass is 9.95. The molecule has 174 valence electrons. The van der Waals surface area contributed by atoms with Gasteiger partial charge in [0.2, 0.25) is 5.91 Å². The summed E-state index contributed by atoms with van der Waals surface area (Å²) in [4.78, 5) is 20.1. The van der Waals surface area contributed by atoms with Gasteiger partial charge in [-0.1, -0.05) is 42.5 Å². The van der Waals surface area contributed by atoms with Gasteiger partial charge in [-0.3, -0.25) is 14.3 Å². The van der Waals surface area contributed by atoms with Crippen molar-refractivity contribution in [3.63, 3.8) is 0 Å². The third kappa shape index (κ3) is 4.73. The number of amides is 1. The third-order valence-corrected chi connectivity index (χ3v) is 6.70. The number of carbonyl (C=O) groups is 1. The van der Waals surface area contributed by atoms with Crippen molar-refractivity contribution >= 4 is 16.9 Å². The zero-order valence-electron chi connectivity index (χ0n) is 19.3. The first-order valence-electron chi connectivity index (χ1n) is 11.9. The Hall–Kier alpha value is -3.51. The number of fused-ring (bicyclic) bond motifs is 1. The maximum absolute atomic E-state index is 13.5. The fraction of sp³-hybridized carbons (Fsp3) is 0.286. The number of rotatable bonds is 6. The van der Waals surface area contributed by atoms with Gasteiger partial charge >= 0.3 is 0 Å². The number of likely N-dealkylation sites (tertiary alicyclic amines) is 1. The van der Waals surface area contributed by atoms with E-state index in [2.05, 4.69) is 14.8 Å². The van der Waals surface area contributed by atoms with Crippen molar-refractivity contribution in [2.75, 3.05) is 13.1 Å². The minimum atomic E-state index is -0.253. The Balaban J connectivity index is 1.26. The van der Waals surface area contributed by atoms with E-state index in [4.69, 9.17) is 4.98 Å². The van der Waals surface area contributed by atoms with Crippen molar-refractivity contribution in [2.24, 2.45) is 5.92 Å².